The number of piperidine rings is 1. The van der Waals surface area contributed by atoms with E-state index in [-0.39, 0.29) is 5.75 Å². The molecule has 5 nitrogen and oxygen atoms in total. The van der Waals surface area contributed by atoms with E-state index in [0.29, 0.717) is 24.9 Å². The molecule has 0 unspecified atom stereocenters. The van der Waals surface area contributed by atoms with Gasteiger partial charge in [0.15, 0.2) is 0 Å². The average Bonchev–Trinajstić information content (AvgIpc) is 2.67. The van der Waals surface area contributed by atoms with Gasteiger partial charge < -0.3 is 9.64 Å². The molecule has 0 saturated carbocycles. The van der Waals surface area contributed by atoms with Gasteiger partial charge in [-0.25, -0.2) is 13.1 Å². The first-order valence-electron chi connectivity index (χ1n) is 9.45. The number of likely N-dealkylation sites (tertiary alicyclic amines) is 1. The number of nitrogens with zero attached hydrogens (tertiary/aromatic N) is 1. The van der Waals surface area contributed by atoms with Crippen molar-refractivity contribution in [3.63, 3.8) is 0 Å². The maximum Gasteiger partial charge on any atom is 0.211 e. The van der Waals surface area contributed by atoms with Gasteiger partial charge in [-0.2, -0.15) is 0 Å². The summed E-state index contributed by atoms with van der Waals surface area (Å²) in [6, 6.07) is 10.5. The maximum absolute atomic E-state index is 12.2. The van der Waals surface area contributed by atoms with Crippen molar-refractivity contribution in [1.82, 2.24) is 9.62 Å². The lowest BCUT2D eigenvalue weighted by Crippen LogP contribution is -2.45. The molecule has 3 rings (SSSR count). The van der Waals surface area contributed by atoms with Crippen LogP contribution in [0.3, 0.4) is 0 Å². The number of ether oxygens (including phenoxy) is 1. The zero-order valence-electron chi connectivity index (χ0n) is 14.9. The lowest BCUT2D eigenvalue weighted by Gasteiger charge is -2.39. The molecule has 2 saturated heterocycles. The van der Waals surface area contributed by atoms with Crippen LogP contribution in [0.2, 0.25) is 0 Å². The number of nitrogens with one attached hydrogen (secondary N) is 1. The molecule has 0 amide bonds. The minimum absolute atomic E-state index is 0.165. The zero-order chi connectivity index (χ0) is 17.5. The van der Waals surface area contributed by atoms with E-state index in [0.717, 1.165) is 57.6 Å². The van der Waals surface area contributed by atoms with E-state index >= 15 is 0 Å². The van der Waals surface area contributed by atoms with Gasteiger partial charge in [0.05, 0.1) is 5.75 Å². The Hall–Kier alpha value is -0.950. The second kappa shape index (κ2) is 9.12. The summed E-state index contributed by atoms with van der Waals surface area (Å²) in [5.41, 5.74) is 1.07. The van der Waals surface area contributed by atoms with Crippen LogP contribution in [0.25, 0.3) is 0 Å². The van der Waals surface area contributed by atoms with Crippen LogP contribution in [0.4, 0.5) is 0 Å². The van der Waals surface area contributed by atoms with Gasteiger partial charge >= 0.3 is 0 Å². The van der Waals surface area contributed by atoms with Crippen LogP contribution >= 0.6 is 0 Å². The Morgan fingerprint density at radius 3 is 2.40 bits per heavy atom. The first-order valence-corrected chi connectivity index (χ1v) is 11.1. The summed E-state index contributed by atoms with van der Waals surface area (Å²) >= 11 is 0. The van der Waals surface area contributed by atoms with Crippen molar-refractivity contribution in [3.8, 4) is 0 Å². The third kappa shape index (κ3) is 6.06. The van der Waals surface area contributed by atoms with E-state index in [1.165, 1.54) is 0 Å². The molecule has 0 spiro atoms. The van der Waals surface area contributed by atoms with Crippen molar-refractivity contribution in [2.75, 3.05) is 38.6 Å². The maximum atomic E-state index is 12.2. The molecule has 0 radical (unpaired) electrons. The second-order valence-corrected chi connectivity index (χ2v) is 9.15. The topological polar surface area (TPSA) is 58.6 Å². The van der Waals surface area contributed by atoms with Crippen LogP contribution in [0.1, 0.15) is 31.2 Å². The Balaban J connectivity index is 1.37. The molecule has 0 bridgehead atoms. The highest BCUT2D eigenvalue weighted by molar-refractivity contribution is 7.89. The Kier molecular flexibility index (Phi) is 6.87. The molecule has 1 aromatic rings. The lowest BCUT2D eigenvalue weighted by molar-refractivity contribution is 0.0214. The van der Waals surface area contributed by atoms with Gasteiger partial charge in [-0.15, -0.1) is 0 Å². The zero-order valence-corrected chi connectivity index (χ0v) is 15.7. The van der Waals surface area contributed by atoms with Crippen molar-refractivity contribution in [1.29, 1.82) is 0 Å². The number of aryl methyl sites for hydroxylation is 1. The summed E-state index contributed by atoms with van der Waals surface area (Å²) in [5, 5.41) is 0. The molecule has 2 aliphatic heterocycles. The number of hydrogen-bond acceptors (Lipinski definition) is 4. The highest BCUT2D eigenvalue weighted by Gasteiger charge is 2.27. The lowest BCUT2D eigenvalue weighted by atomic mass is 9.94. The summed E-state index contributed by atoms with van der Waals surface area (Å²) < 4.78 is 32.7. The van der Waals surface area contributed by atoms with Gasteiger partial charge in [0, 0.05) is 25.8 Å². The molecule has 0 aromatic heterocycles. The van der Waals surface area contributed by atoms with Crippen molar-refractivity contribution >= 4 is 10.0 Å². The van der Waals surface area contributed by atoms with Crippen LogP contribution < -0.4 is 4.72 Å². The van der Waals surface area contributed by atoms with Gasteiger partial charge in [-0.05, 0) is 56.7 Å². The molecule has 2 aliphatic rings. The molecule has 6 heteroatoms. The van der Waals surface area contributed by atoms with E-state index < -0.39 is 10.0 Å². The number of benzene rings is 1. The van der Waals surface area contributed by atoms with E-state index in [2.05, 4.69) is 9.62 Å². The van der Waals surface area contributed by atoms with Crippen LogP contribution in [0.5, 0.6) is 0 Å². The average molecular weight is 367 g/mol. The summed E-state index contributed by atoms with van der Waals surface area (Å²) in [6.07, 6.45) is 5.00. The summed E-state index contributed by atoms with van der Waals surface area (Å²) in [5.74, 6) is 0.625. The molecule has 2 heterocycles. The minimum Gasteiger partial charge on any atom is -0.381 e. The summed E-state index contributed by atoms with van der Waals surface area (Å²) in [4.78, 5) is 2.57. The SMILES string of the molecule is O=S(=O)(CCc1ccccc1)NCC1CCN(C2CCOCC2)CC1. The van der Waals surface area contributed by atoms with Gasteiger partial charge in [0.1, 0.15) is 0 Å². The smallest absolute Gasteiger partial charge is 0.211 e. The fourth-order valence-corrected chi connectivity index (χ4v) is 4.92. The highest BCUT2D eigenvalue weighted by Crippen LogP contribution is 2.22. The summed E-state index contributed by atoms with van der Waals surface area (Å²) in [7, 11) is -3.19. The van der Waals surface area contributed by atoms with Crippen LogP contribution in [-0.4, -0.2) is 58.0 Å². The Morgan fingerprint density at radius 2 is 1.72 bits per heavy atom. The molecule has 1 aromatic carbocycles. The minimum atomic E-state index is -3.19. The first-order chi connectivity index (χ1) is 12.1. The highest BCUT2D eigenvalue weighted by atomic mass is 32.2. The Labute approximate surface area is 151 Å². The predicted octanol–water partition coefficient (Wildman–Crippen LogP) is 2.04. The molecule has 0 atom stereocenters. The molecular formula is C19H30N2O3S. The van der Waals surface area contributed by atoms with Crippen molar-refractivity contribution in [3.05, 3.63) is 35.9 Å². The molecule has 2 fully saturated rings. The number of hydrogen-bond donors (Lipinski definition) is 1. The number of sulfonamides is 1. The molecular weight excluding hydrogens is 336 g/mol. The van der Waals surface area contributed by atoms with Crippen molar-refractivity contribution in [2.45, 2.75) is 38.1 Å². The quantitative estimate of drug-likeness (QED) is 0.802. The van der Waals surface area contributed by atoms with Crippen LogP contribution in [-0.2, 0) is 21.2 Å². The Morgan fingerprint density at radius 1 is 1.04 bits per heavy atom. The fraction of sp³-hybridized carbons (Fsp3) is 0.684. The number of rotatable bonds is 7. The molecule has 1 N–H and O–H groups in total. The largest absolute Gasteiger partial charge is 0.381 e. The van der Waals surface area contributed by atoms with E-state index in [1.807, 2.05) is 30.3 Å². The third-order valence-electron chi connectivity index (χ3n) is 5.45. The Bertz CT molecular complexity index is 607. The molecule has 0 aliphatic carbocycles. The second-order valence-electron chi connectivity index (χ2n) is 7.23. The van der Waals surface area contributed by atoms with Gasteiger partial charge in [0.25, 0.3) is 0 Å². The van der Waals surface area contributed by atoms with Gasteiger partial charge in [-0.1, -0.05) is 30.3 Å². The first kappa shape index (κ1) is 18.8. The van der Waals surface area contributed by atoms with E-state index in [4.69, 9.17) is 4.74 Å². The van der Waals surface area contributed by atoms with Gasteiger partial charge in [-0.3, -0.25) is 0 Å². The van der Waals surface area contributed by atoms with E-state index in [1.54, 1.807) is 0 Å². The molecule has 25 heavy (non-hydrogen) atoms. The normalized spacial score (nSPS) is 21.4. The fourth-order valence-electron chi connectivity index (χ4n) is 3.79. The third-order valence-corrected chi connectivity index (χ3v) is 6.80. The standard InChI is InChI=1S/C19H30N2O3S/c22-25(23,15-10-17-4-2-1-3-5-17)20-16-18-6-11-21(12-7-18)19-8-13-24-14-9-19/h1-5,18-20H,6-16H2. The van der Waals surface area contributed by atoms with Crippen molar-refractivity contribution in [2.24, 2.45) is 5.92 Å². The van der Waals surface area contributed by atoms with Crippen molar-refractivity contribution < 1.29 is 13.2 Å². The van der Waals surface area contributed by atoms with Crippen LogP contribution in [0, 0.1) is 5.92 Å². The monoisotopic (exact) mass is 366 g/mol. The van der Waals surface area contributed by atoms with Crippen LogP contribution in [0.15, 0.2) is 30.3 Å². The van der Waals surface area contributed by atoms with Gasteiger partial charge in [0.2, 0.25) is 10.0 Å². The molecule has 140 valence electrons. The predicted molar refractivity (Wildman–Crippen MR) is 100 cm³/mol. The summed E-state index contributed by atoms with van der Waals surface area (Å²) in [6.45, 7) is 4.51. The van der Waals surface area contributed by atoms with E-state index in [9.17, 15) is 8.42 Å².